The minimum atomic E-state index is -1.74. The SMILES string of the molecule is CCOC(=O)C(=CN(CC)CC)C(=S)NC(=O)OCC(Cl)(Cl)Cl. The third-order valence-corrected chi connectivity index (χ3v) is 3.10. The average molecular weight is 406 g/mol. The smallest absolute Gasteiger partial charge is 0.412 e. The first-order chi connectivity index (χ1) is 10.6. The largest absolute Gasteiger partial charge is 0.462 e. The Hall–Kier alpha value is -0.760. The fourth-order valence-electron chi connectivity index (χ4n) is 1.35. The van der Waals surface area contributed by atoms with Crippen molar-refractivity contribution in [3.05, 3.63) is 11.8 Å². The lowest BCUT2D eigenvalue weighted by atomic mass is 10.2. The van der Waals surface area contributed by atoms with Gasteiger partial charge in [-0.2, -0.15) is 0 Å². The van der Waals surface area contributed by atoms with Crippen molar-refractivity contribution in [2.75, 3.05) is 26.3 Å². The molecule has 0 aliphatic rings. The van der Waals surface area contributed by atoms with Crippen LogP contribution < -0.4 is 5.32 Å². The van der Waals surface area contributed by atoms with E-state index in [0.717, 1.165) is 0 Å². The van der Waals surface area contributed by atoms with Gasteiger partial charge in [0.2, 0.25) is 3.79 Å². The number of thiocarbonyl (C=S) groups is 1. The molecule has 0 bridgehead atoms. The van der Waals surface area contributed by atoms with E-state index in [1.165, 1.54) is 6.20 Å². The zero-order valence-electron chi connectivity index (χ0n) is 13.0. The topological polar surface area (TPSA) is 67.9 Å². The van der Waals surface area contributed by atoms with E-state index < -0.39 is 22.5 Å². The number of carbonyl (C=O) groups excluding carboxylic acids is 2. The number of nitrogens with one attached hydrogen (secondary N) is 1. The van der Waals surface area contributed by atoms with Crippen LogP contribution in [0.1, 0.15) is 20.8 Å². The van der Waals surface area contributed by atoms with Gasteiger partial charge in [0.15, 0.2) is 0 Å². The number of rotatable bonds is 7. The summed E-state index contributed by atoms with van der Waals surface area (Å²) in [6, 6.07) is 0. The summed E-state index contributed by atoms with van der Waals surface area (Å²) in [5, 5.41) is 2.24. The normalized spacial score (nSPS) is 11.7. The highest BCUT2D eigenvalue weighted by atomic mass is 35.6. The molecule has 132 valence electrons. The van der Waals surface area contributed by atoms with Gasteiger partial charge >= 0.3 is 12.1 Å². The molecule has 10 heteroatoms. The van der Waals surface area contributed by atoms with Crippen LogP contribution in [0.25, 0.3) is 0 Å². The summed E-state index contributed by atoms with van der Waals surface area (Å²) >= 11 is 21.5. The predicted octanol–water partition coefficient (Wildman–Crippen LogP) is 3.20. The summed E-state index contributed by atoms with van der Waals surface area (Å²) in [6.07, 6.45) is 0.589. The molecule has 0 heterocycles. The molecule has 0 spiro atoms. The van der Waals surface area contributed by atoms with Gasteiger partial charge in [0.05, 0.1) is 6.61 Å². The molecule has 0 saturated heterocycles. The second kappa shape index (κ2) is 10.9. The van der Waals surface area contributed by atoms with E-state index in [1.807, 2.05) is 18.7 Å². The summed E-state index contributed by atoms with van der Waals surface area (Å²) in [5.41, 5.74) is 0.0383. The van der Waals surface area contributed by atoms with Crippen LogP contribution in [0.2, 0.25) is 0 Å². The number of amides is 1. The number of alkyl halides is 3. The number of hydrogen-bond acceptors (Lipinski definition) is 6. The Morgan fingerprint density at radius 1 is 1.17 bits per heavy atom. The van der Waals surface area contributed by atoms with Crippen LogP contribution in [0.15, 0.2) is 11.8 Å². The number of alkyl carbamates (subject to hydrolysis) is 1. The molecular weight excluding hydrogens is 387 g/mol. The summed E-state index contributed by atoms with van der Waals surface area (Å²) in [6.45, 7) is 6.51. The standard InChI is InChI=1S/C13H19Cl3N2O4S/c1-4-18(5-2)7-9(11(19)21-6-3)10(23)17-12(20)22-8-13(14,15)16/h7H,4-6,8H2,1-3H3,(H,17,20,23). The van der Waals surface area contributed by atoms with Crippen LogP contribution in [0.3, 0.4) is 0 Å². The van der Waals surface area contributed by atoms with Crippen LogP contribution >= 0.6 is 47.0 Å². The number of carbonyl (C=O) groups is 2. The third-order valence-electron chi connectivity index (χ3n) is 2.45. The Morgan fingerprint density at radius 3 is 2.17 bits per heavy atom. The van der Waals surface area contributed by atoms with Gasteiger partial charge in [0, 0.05) is 19.3 Å². The van der Waals surface area contributed by atoms with Crippen LogP contribution in [0, 0.1) is 0 Å². The second-order valence-electron chi connectivity index (χ2n) is 4.13. The quantitative estimate of drug-likeness (QED) is 0.304. The lowest BCUT2D eigenvalue weighted by molar-refractivity contribution is -0.137. The van der Waals surface area contributed by atoms with Crippen molar-refractivity contribution in [1.82, 2.24) is 10.2 Å². The average Bonchev–Trinajstić information content (AvgIpc) is 2.45. The minimum absolute atomic E-state index is 0.0383. The Bertz CT molecular complexity index is 463. The molecule has 23 heavy (non-hydrogen) atoms. The van der Waals surface area contributed by atoms with Crippen molar-refractivity contribution in [2.45, 2.75) is 24.6 Å². The first kappa shape index (κ1) is 22.2. The molecule has 0 atom stereocenters. The van der Waals surface area contributed by atoms with Gasteiger partial charge in [0.25, 0.3) is 0 Å². The van der Waals surface area contributed by atoms with Crippen molar-refractivity contribution >= 4 is 64.1 Å². The molecule has 0 unspecified atom stereocenters. The number of halogens is 3. The second-order valence-corrected chi connectivity index (χ2v) is 7.05. The van der Waals surface area contributed by atoms with Gasteiger partial charge in [-0.05, 0) is 20.8 Å². The minimum Gasteiger partial charge on any atom is -0.462 e. The lowest BCUT2D eigenvalue weighted by Gasteiger charge is -2.18. The van der Waals surface area contributed by atoms with Gasteiger partial charge in [-0.1, -0.05) is 47.0 Å². The summed E-state index contributed by atoms with van der Waals surface area (Å²) in [7, 11) is 0. The molecule has 0 aliphatic carbocycles. The molecule has 1 N–H and O–H groups in total. The molecule has 0 aromatic rings. The van der Waals surface area contributed by atoms with E-state index in [0.29, 0.717) is 13.1 Å². The van der Waals surface area contributed by atoms with Crippen molar-refractivity contribution < 1.29 is 19.1 Å². The Balaban J connectivity index is 5.00. The van der Waals surface area contributed by atoms with Crippen molar-refractivity contribution in [1.29, 1.82) is 0 Å². The molecule has 6 nitrogen and oxygen atoms in total. The summed E-state index contributed by atoms with van der Waals surface area (Å²) in [5.74, 6) is -0.647. The fourth-order valence-corrected chi connectivity index (χ4v) is 1.73. The molecule has 0 fully saturated rings. The molecule has 0 aliphatic heterocycles. The van der Waals surface area contributed by atoms with Crippen molar-refractivity contribution in [3.63, 3.8) is 0 Å². The first-order valence-electron chi connectivity index (χ1n) is 6.82. The highest BCUT2D eigenvalue weighted by Crippen LogP contribution is 2.25. The van der Waals surface area contributed by atoms with Gasteiger partial charge in [-0.25, -0.2) is 9.59 Å². The van der Waals surface area contributed by atoms with Gasteiger partial charge in [0.1, 0.15) is 17.2 Å². The Kier molecular flexibility index (Phi) is 10.6. The number of nitrogens with zero attached hydrogens (tertiary/aromatic N) is 1. The summed E-state index contributed by atoms with van der Waals surface area (Å²) < 4.78 is 7.90. The molecule has 0 saturated carbocycles. The molecule has 0 rings (SSSR count). The zero-order valence-corrected chi connectivity index (χ0v) is 16.1. The van der Waals surface area contributed by atoms with E-state index in [4.69, 9.17) is 56.5 Å². The number of ether oxygens (including phenoxy) is 2. The number of hydrogen-bond donors (Lipinski definition) is 1. The maximum Gasteiger partial charge on any atom is 0.412 e. The van der Waals surface area contributed by atoms with E-state index in [9.17, 15) is 9.59 Å². The summed E-state index contributed by atoms with van der Waals surface area (Å²) in [4.78, 5) is 25.3. The van der Waals surface area contributed by atoms with Gasteiger partial charge in [-0.3, -0.25) is 5.32 Å². The van der Waals surface area contributed by atoms with E-state index >= 15 is 0 Å². The van der Waals surface area contributed by atoms with Gasteiger partial charge < -0.3 is 14.4 Å². The molecule has 0 radical (unpaired) electrons. The van der Waals surface area contributed by atoms with Crippen LogP contribution in [0.4, 0.5) is 4.79 Å². The maximum absolute atomic E-state index is 12.0. The molecular formula is C13H19Cl3N2O4S. The van der Waals surface area contributed by atoms with Crippen molar-refractivity contribution in [3.8, 4) is 0 Å². The van der Waals surface area contributed by atoms with Crippen LogP contribution in [0.5, 0.6) is 0 Å². The third kappa shape index (κ3) is 9.86. The maximum atomic E-state index is 12.0. The highest BCUT2D eigenvalue weighted by Gasteiger charge is 2.24. The lowest BCUT2D eigenvalue weighted by Crippen LogP contribution is -2.36. The van der Waals surface area contributed by atoms with E-state index in [-0.39, 0.29) is 17.2 Å². The first-order valence-corrected chi connectivity index (χ1v) is 8.36. The molecule has 0 aromatic carbocycles. The molecule has 1 amide bonds. The zero-order chi connectivity index (χ0) is 18.0. The fraction of sp³-hybridized carbons (Fsp3) is 0.615. The highest BCUT2D eigenvalue weighted by molar-refractivity contribution is 7.80. The predicted molar refractivity (Wildman–Crippen MR) is 95.0 cm³/mol. The molecule has 0 aromatic heterocycles. The van der Waals surface area contributed by atoms with Crippen molar-refractivity contribution in [2.24, 2.45) is 0 Å². The number of esters is 1. The Labute approximate surface area is 156 Å². The van der Waals surface area contributed by atoms with E-state index in [2.05, 4.69) is 5.32 Å². The monoisotopic (exact) mass is 404 g/mol. The van der Waals surface area contributed by atoms with Gasteiger partial charge in [-0.15, -0.1) is 0 Å². The Morgan fingerprint density at radius 2 is 1.74 bits per heavy atom. The van der Waals surface area contributed by atoms with Crippen LogP contribution in [-0.2, 0) is 14.3 Å². The van der Waals surface area contributed by atoms with E-state index in [1.54, 1.807) is 6.92 Å². The van der Waals surface area contributed by atoms with Crippen LogP contribution in [-0.4, -0.2) is 52.0 Å².